The Balaban J connectivity index is 1.95. The van der Waals surface area contributed by atoms with Crippen LogP contribution in [-0.4, -0.2) is 23.1 Å². The van der Waals surface area contributed by atoms with Gasteiger partial charge in [-0.1, -0.05) is 12.1 Å². The Labute approximate surface area is 121 Å². The van der Waals surface area contributed by atoms with Gasteiger partial charge in [0, 0.05) is 12.1 Å². The maximum absolute atomic E-state index is 12.2. The van der Waals surface area contributed by atoms with E-state index in [1.54, 1.807) is 19.2 Å². The zero-order valence-corrected chi connectivity index (χ0v) is 11.4. The summed E-state index contributed by atoms with van der Waals surface area (Å²) in [5, 5.41) is 19.3. The van der Waals surface area contributed by atoms with Crippen molar-refractivity contribution in [1.82, 2.24) is 0 Å². The average molecular weight is 286 g/mol. The highest BCUT2D eigenvalue weighted by atomic mass is 16.5. The normalized spacial score (nSPS) is 17.0. The Morgan fingerprint density at radius 2 is 1.90 bits per heavy atom. The fourth-order valence-corrected chi connectivity index (χ4v) is 2.43. The summed E-state index contributed by atoms with van der Waals surface area (Å²) in [4.78, 5) is 12.2. The molecule has 0 saturated heterocycles. The number of carbonyl (C=O) groups is 1. The molecule has 1 heterocycles. The maximum atomic E-state index is 12.2. The fourth-order valence-electron chi connectivity index (χ4n) is 2.43. The molecule has 0 saturated carbocycles. The monoisotopic (exact) mass is 286 g/mol. The van der Waals surface area contributed by atoms with Gasteiger partial charge in [0.05, 0.1) is 13.5 Å². The van der Waals surface area contributed by atoms with Gasteiger partial charge in [-0.25, -0.2) is 0 Å². The Kier molecular flexibility index (Phi) is 3.17. The van der Waals surface area contributed by atoms with E-state index in [0.29, 0.717) is 0 Å². The molecule has 1 aliphatic heterocycles. The van der Waals surface area contributed by atoms with Gasteiger partial charge in [-0.2, -0.15) is 0 Å². The van der Waals surface area contributed by atoms with E-state index >= 15 is 0 Å². The summed E-state index contributed by atoms with van der Waals surface area (Å²) in [5.74, 6) is 0.299. The summed E-state index contributed by atoms with van der Waals surface area (Å²) in [5.41, 5.74) is 0.954. The summed E-state index contributed by atoms with van der Waals surface area (Å²) in [6.45, 7) is 0. The van der Waals surface area contributed by atoms with Crippen LogP contribution in [0.2, 0.25) is 0 Å². The minimum atomic E-state index is -0.447. The van der Waals surface area contributed by atoms with E-state index in [4.69, 9.17) is 9.47 Å². The van der Waals surface area contributed by atoms with Crippen LogP contribution < -0.4 is 9.47 Å². The quantitative estimate of drug-likeness (QED) is 0.887. The first-order chi connectivity index (χ1) is 10.1. The van der Waals surface area contributed by atoms with Gasteiger partial charge in [-0.3, -0.25) is 4.79 Å². The molecule has 2 aromatic rings. The number of phenols is 2. The minimum absolute atomic E-state index is 0.123. The molecule has 3 rings (SSSR count). The number of hydrogen-bond acceptors (Lipinski definition) is 5. The minimum Gasteiger partial charge on any atom is -0.508 e. The number of ether oxygens (including phenoxy) is 2. The standard InChI is InChI=1S/C16H14O5/c1-20-11-4-2-9(3-5-11)14-8-13(19)16-12(18)6-10(17)7-15(16)21-14/h2-7,14,17-18H,8H2,1H3/t14-/m1/s1. The lowest BCUT2D eigenvalue weighted by molar-refractivity contribution is 0.0845. The molecule has 108 valence electrons. The number of rotatable bonds is 2. The number of hydrogen-bond donors (Lipinski definition) is 2. The van der Waals surface area contributed by atoms with Crippen LogP contribution in [-0.2, 0) is 0 Å². The van der Waals surface area contributed by atoms with Crippen LogP contribution in [0.4, 0.5) is 0 Å². The van der Waals surface area contributed by atoms with E-state index in [0.717, 1.165) is 17.4 Å². The number of phenolic OH excluding ortho intramolecular Hbond substituents is 2. The zero-order valence-electron chi connectivity index (χ0n) is 11.4. The molecule has 2 aromatic carbocycles. The van der Waals surface area contributed by atoms with Gasteiger partial charge in [0.2, 0.25) is 0 Å². The Morgan fingerprint density at radius 3 is 2.57 bits per heavy atom. The van der Waals surface area contributed by atoms with Crippen LogP contribution in [0, 0.1) is 0 Å². The van der Waals surface area contributed by atoms with Crippen molar-refractivity contribution in [3.63, 3.8) is 0 Å². The highest BCUT2D eigenvalue weighted by Crippen LogP contribution is 2.41. The molecule has 0 radical (unpaired) electrons. The number of fused-ring (bicyclic) bond motifs is 1. The molecular weight excluding hydrogens is 272 g/mol. The molecule has 0 amide bonds. The molecule has 0 fully saturated rings. The summed E-state index contributed by atoms with van der Waals surface area (Å²) in [6, 6.07) is 9.70. The highest BCUT2D eigenvalue weighted by Gasteiger charge is 2.30. The predicted octanol–water partition coefficient (Wildman–Crippen LogP) is 2.81. The molecule has 1 aliphatic rings. The SMILES string of the molecule is COc1ccc([C@H]2CC(=O)c3c(O)cc(O)cc3O2)cc1. The number of methoxy groups -OCH3 is 1. The van der Waals surface area contributed by atoms with E-state index in [9.17, 15) is 15.0 Å². The topological polar surface area (TPSA) is 76.0 Å². The van der Waals surface area contributed by atoms with Crippen LogP contribution in [0.5, 0.6) is 23.0 Å². The number of Topliss-reactive ketones (excluding diaryl/α,β-unsaturated/α-hetero) is 1. The molecule has 1 atom stereocenters. The molecule has 0 bridgehead atoms. The predicted molar refractivity (Wildman–Crippen MR) is 75.1 cm³/mol. The first-order valence-corrected chi connectivity index (χ1v) is 6.48. The van der Waals surface area contributed by atoms with Gasteiger partial charge in [0.15, 0.2) is 5.78 Å². The van der Waals surface area contributed by atoms with Gasteiger partial charge >= 0.3 is 0 Å². The smallest absolute Gasteiger partial charge is 0.174 e. The molecule has 5 nitrogen and oxygen atoms in total. The van der Waals surface area contributed by atoms with Gasteiger partial charge < -0.3 is 19.7 Å². The van der Waals surface area contributed by atoms with Crippen LogP contribution in [0.15, 0.2) is 36.4 Å². The van der Waals surface area contributed by atoms with Crippen molar-refractivity contribution in [1.29, 1.82) is 0 Å². The first-order valence-electron chi connectivity index (χ1n) is 6.48. The van der Waals surface area contributed by atoms with Crippen molar-refractivity contribution in [3.05, 3.63) is 47.5 Å². The van der Waals surface area contributed by atoms with E-state index in [-0.39, 0.29) is 35.0 Å². The van der Waals surface area contributed by atoms with Crippen molar-refractivity contribution in [3.8, 4) is 23.0 Å². The molecule has 21 heavy (non-hydrogen) atoms. The van der Waals surface area contributed by atoms with Crippen molar-refractivity contribution in [2.24, 2.45) is 0 Å². The second kappa shape index (κ2) is 5.01. The van der Waals surface area contributed by atoms with Gasteiger partial charge in [0.25, 0.3) is 0 Å². The van der Waals surface area contributed by atoms with E-state index in [1.165, 1.54) is 6.07 Å². The summed E-state index contributed by atoms with van der Waals surface area (Å²) in [7, 11) is 1.58. The number of carbonyl (C=O) groups excluding carboxylic acids is 1. The third kappa shape index (κ3) is 2.38. The highest BCUT2D eigenvalue weighted by molar-refractivity contribution is 6.02. The third-order valence-electron chi connectivity index (χ3n) is 3.47. The Hall–Kier alpha value is -2.69. The summed E-state index contributed by atoms with van der Waals surface area (Å²) >= 11 is 0. The van der Waals surface area contributed by atoms with Crippen LogP contribution in [0.3, 0.4) is 0 Å². The average Bonchev–Trinajstić information content (AvgIpc) is 2.46. The number of aromatic hydroxyl groups is 2. The largest absolute Gasteiger partial charge is 0.508 e. The fraction of sp³-hybridized carbons (Fsp3) is 0.188. The zero-order chi connectivity index (χ0) is 15.0. The summed E-state index contributed by atoms with van der Waals surface area (Å²) < 4.78 is 10.8. The lowest BCUT2D eigenvalue weighted by Crippen LogP contribution is -2.20. The maximum Gasteiger partial charge on any atom is 0.174 e. The van der Waals surface area contributed by atoms with Crippen LogP contribution in [0.25, 0.3) is 0 Å². The molecule has 0 spiro atoms. The van der Waals surface area contributed by atoms with E-state index < -0.39 is 6.10 Å². The lowest BCUT2D eigenvalue weighted by atomic mass is 9.95. The van der Waals surface area contributed by atoms with Crippen molar-refractivity contribution < 1.29 is 24.5 Å². The second-order valence-electron chi connectivity index (χ2n) is 4.84. The van der Waals surface area contributed by atoms with Gasteiger partial charge in [0.1, 0.15) is 34.7 Å². The van der Waals surface area contributed by atoms with Crippen molar-refractivity contribution in [2.75, 3.05) is 7.11 Å². The molecule has 5 heteroatoms. The van der Waals surface area contributed by atoms with Crippen molar-refractivity contribution >= 4 is 5.78 Å². The Morgan fingerprint density at radius 1 is 1.19 bits per heavy atom. The van der Waals surface area contributed by atoms with Gasteiger partial charge in [-0.15, -0.1) is 0 Å². The second-order valence-corrected chi connectivity index (χ2v) is 4.84. The molecule has 0 aromatic heterocycles. The molecule has 0 unspecified atom stereocenters. The van der Waals surface area contributed by atoms with Crippen molar-refractivity contribution in [2.45, 2.75) is 12.5 Å². The molecule has 0 aliphatic carbocycles. The molecule has 2 N–H and O–H groups in total. The number of benzene rings is 2. The van der Waals surface area contributed by atoms with Gasteiger partial charge in [-0.05, 0) is 17.7 Å². The lowest BCUT2D eigenvalue weighted by Gasteiger charge is -2.26. The molecular formula is C16H14O5. The first kappa shape index (κ1) is 13.3. The van der Waals surface area contributed by atoms with Crippen LogP contribution >= 0.6 is 0 Å². The van der Waals surface area contributed by atoms with E-state index in [1.807, 2.05) is 12.1 Å². The van der Waals surface area contributed by atoms with E-state index in [2.05, 4.69) is 0 Å². The Bertz CT molecular complexity index is 691. The number of ketones is 1. The third-order valence-corrected chi connectivity index (χ3v) is 3.47. The summed E-state index contributed by atoms with van der Waals surface area (Å²) in [6.07, 6.45) is -0.311. The van der Waals surface area contributed by atoms with Crippen LogP contribution in [0.1, 0.15) is 28.4 Å².